The average molecular weight is 736 g/mol. The van der Waals surface area contributed by atoms with Crippen LogP contribution in [0.15, 0.2) is 36.7 Å². The van der Waals surface area contributed by atoms with Gasteiger partial charge in [-0.3, -0.25) is 19.8 Å². The second-order valence-corrected chi connectivity index (χ2v) is 12.3. The zero-order chi connectivity index (χ0) is 33.3. The molecule has 2 saturated heterocycles. The Morgan fingerprint density at radius 3 is 1.33 bits per heavy atom. The molecule has 0 radical (unpaired) electrons. The molecule has 4 heterocycles. The average Bonchev–Trinajstić information content (AvgIpc) is 3.56. The van der Waals surface area contributed by atoms with Gasteiger partial charge in [-0.15, -0.1) is 0 Å². The van der Waals surface area contributed by atoms with Crippen molar-refractivity contribution in [2.24, 2.45) is 0 Å². The summed E-state index contributed by atoms with van der Waals surface area (Å²) in [6.45, 7) is 4.07. The van der Waals surface area contributed by atoms with E-state index in [-0.39, 0.29) is 17.1 Å². The number of methoxy groups -OCH3 is 2. The molecule has 0 aliphatic carbocycles. The van der Waals surface area contributed by atoms with Gasteiger partial charge in [0.2, 0.25) is 0 Å². The summed E-state index contributed by atoms with van der Waals surface area (Å²) < 4.78 is 129. The first-order valence-electron chi connectivity index (χ1n) is 12.8. The van der Waals surface area contributed by atoms with Crippen molar-refractivity contribution in [1.82, 2.24) is 19.8 Å². The number of pyridine rings is 2. The van der Waals surface area contributed by atoms with Crippen LogP contribution in [0.1, 0.15) is 37.1 Å². The summed E-state index contributed by atoms with van der Waals surface area (Å²) in [5, 5.41) is 0. The molecule has 0 unspecified atom stereocenters. The fourth-order valence-corrected chi connectivity index (χ4v) is 4.72. The molecule has 0 N–H and O–H groups in total. The van der Waals surface area contributed by atoms with Gasteiger partial charge in [0.15, 0.2) is 20.2 Å². The smallest absolute Gasteiger partial charge is 0.741 e. The van der Waals surface area contributed by atoms with Gasteiger partial charge in [0.25, 0.3) is 0 Å². The first-order valence-corrected chi connectivity index (χ1v) is 15.6. The molecule has 0 saturated carbocycles. The number of likely N-dealkylation sites (tertiary alicyclic amines) is 2. The van der Waals surface area contributed by atoms with E-state index < -0.39 is 31.3 Å². The molecular formula is C24H30F6FeN4O8S2+2. The Morgan fingerprint density at radius 1 is 0.756 bits per heavy atom. The number of alkyl halides is 6. The van der Waals surface area contributed by atoms with Gasteiger partial charge in [0, 0.05) is 49.7 Å². The molecule has 2 aromatic heterocycles. The molecular weight excluding hydrogens is 706 g/mol. The van der Waals surface area contributed by atoms with E-state index >= 15 is 0 Å². The molecule has 12 nitrogen and oxygen atoms in total. The van der Waals surface area contributed by atoms with Crippen molar-refractivity contribution in [3.8, 4) is 11.5 Å². The molecule has 0 spiro atoms. The summed E-state index contributed by atoms with van der Waals surface area (Å²) in [7, 11) is -8.76. The summed E-state index contributed by atoms with van der Waals surface area (Å²) in [6, 6.07) is 9.10. The monoisotopic (exact) mass is 736 g/mol. The van der Waals surface area contributed by atoms with Crippen LogP contribution in [0.5, 0.6) is 11.5 Å². The number of aromatic nitrogens is 2. The van der Waals surface area contributed by atoms with Crippen LogP contribution in [0, 0.1) is 0 Å². The maximum absolute atomic E-state index is 10.7. The third-order valence-electron chi connectivity index (χ3n) is 6.62. The second kappa shape index (κ2) is 17.1. The largest absolute Gasteiger partial charge is 4.00 e. The van der Waals surface area contributed by atoms with Crippen molar-refractivity contribution in [3.63, 3.8) is 0 Å². The maximum Gasteiger partial charge on any atom is 4.00 e. The standard InChI is InChI=1S/C22H30N4O2.2CHF3O3S.Fe/c1-27-19-7-9-23-17(13-19)15-25-11-3-5-21(25)22-6-4-12-26(22)16-18-14-20(28-2)8-10-24-18;2*2-1(3,4)8(5,6)7;/h7-10,13-14,21-22H,3-6,11-12,15-16H2,1-2H3;2*(H,5,6,7);/q;;;+4/p-2/t21-,22-;;;/m0.../s1. The minimum atomic E-state index is -6.09. The third-order valence-corrected chi connectivity index (χ3v) is 7.75. The van der Waals surface area contributed by atoms with Crippen LogP contribution in [0.2, 0.25) is 0 Å². The van der Waals surface area contributed by atoms with Crippen molar-refractivity contribution in [3.05, 3.63) is 48.0 Å². The fraction of sp³-hybridized carbons (Fsp3) is 0.583. The molecule has 4 rings (SSSR count). The molecule has 2 fully saturated rings. The Hall–Kier alpha value is -2.26. The van der Waals surface area contributed by atoms with E-state index in [1.807, 2.05) is 24.5 Å². The molecule has 2 atom stereocenters. The van der Waals surface area contributed by atoms with Crippen LogP contribution in [-0.2, 0) is 50.4 Å². The zero-order valence-corrected chi connectivity index (χ0v) is 26.5. The maximum atomic E-state index is 10.7. The molecule has 45 heavy (non-hydrogen) atoms. The van der Waals surface area contributed by atoms with E-state index in [4.69, 9.17) is 35.4 Å². The van der Waals surface area contributed by atoms with Gasteiger partial charge in [0.05, 0.1) is 25.6 Å². The minimum absolute atomic E-state index is 0. The van der Waals surface area contributed by atoms with Crippen LogP contribution >= 0.6 is 0 Å². The van der Waals surface area contributed by atoms with Gasteiger partial charge in [-0.05, 0) is 50.9 Å². The molecule has 2 aliphatic rings. The Labute approximate surface area is 267 Å². The Morgan fingerprint density at radius 2 is 1.07 bits per heavy atom. The number of halogens is 6. The zero-order valence-electron chi connectivity index (χ0n) is 23.8. The van der Waals surface area contributed by atoms with Crippen LogP contribution in [0.3, 0.4) is 0 Å². The van der Waals surface area contributed by atoms with Gasteiger partial charge in [-0.2, -0.15) is 26.3 Å². The summed E-state index contributed by atoms with van der Waals surface area (Å²) in [6.07, 6.45) is 8.73. The van der Waals surface area contributed by atoms with E-state index in [0.29, 0.717) is 12.1 Å². The van der Waals surface area contributed by atoms with E-state index in [1.54, 1.807) is 14.2 Å². The molecule has 2 aromatic rings. The molecule has 21 heteroatoms. The second-order valence-electron chi connectivity index (χ2n) is 9.53. The fourth-order valence-electron chi connectivity index (χ4n) is 4.72. The normalized spacial score (nSPS) is 19.4. The number of nitrogens with zero attached hydrogens (tertiary/aromatic N) is 4. The van der Waals surface area contributed by atoms with Crippen LogP contribution in [0.4, 0.5) is 26.3 Å². The van der Waals surface area contributed by atoms with Crippen molar-refractivity contribution in [1.29, 1.82) is 0 Å². The first kappa shape index (κ1) is 40.8. The Balaban J connectivity index is 0.000000495. The van der Waals surface area contributed by atoms with Crippen molar-refractivity contribution in [2.75, 3.05) is 27.3 Å². The first-order chi connectivity index (χ1) is 20.3. The SMILES string of the molecule is COc1ccnc(CN2CCC[C@H]2[C@@H]2CCCN2Cc2cc(OC)ccn2)c1.O=S(=O)([O-])C(F)(F)F.O=S(=O)([O-])C(F)(F)F.[Fe+4]. The predicted octanol–water partition coefficient (Wildman–Crippen LogP) is 3.22. The molecule has 254 valence electrons. The van der Waals surface area contributed by atoms with E-state index in [2.05, 4.69) is 31.9 Å². The quantitative estimate of drug-likeness (QED) is 0.177. The number of hydrogen-bond acceptors (Lipinski definition) is 12. The van der Waals surface area contributed by atoms with Crippen LogP contribution in [-0.4, -0.2) is 96.1 Å². The summed E-state index contributed by atoms with van der Waals surface area (Å²) in [4.78, 5) is 14.3. The summed E-state index contributed by atoms with van der Waals surface area (Å²) >= 11 is 0. The van der Waals surface area contributed by atoms with Crippen molar-refractivity contribution in [2.45, 2.75) is 61.9 Å². The third kappa shape index (κ3) is 12.8. The van der Waals surface area contributed by atoms with Gasteiger partial charge in [-0.25, -0.2) is 16.8 Å². The van der Waals surface area contributed by atoms with Gasteiger partial charge in [0.1, 0.15) is 11.5 Å². The minimum Gasteiger partial charge on any atom is -0.741 e. The molecule has 0 amide bonds. The predicted molar refractivity (Wildman–Crippen MR) is 140 cm³/mol. The number of rotatable bonds is 7. The topological polar surface area (TPSA) is 165 Å². The van der Waals surface area contributed by atoms with Crippen molar-refractivity contribution < 1.29 is 78.8 Å². The van der Waals surface area contributed by atoms with Gasteiger partial charge in [-0.1, -0.05) is 0 Å². The molecule has 0 aromatic carbocycles. The molecule has 2 aliphatic heterocycles. The number of hydrogen-bond donors (Lipinski definition) is 0. The Kier molecular flexibility index (Phi) is 15.4. The summed E-state index contributed by atoms with van der Waals surface area (Å²) in [5.74, 6) is 1.76. The van der Waals surface area contributed by atoms with Crippen LogP contribution in [0.25, 0.3) is 0 Å². The van der Waals surface area contributed by atoms with E-state index in [9.17, 15) is 26.3 Å². The van der Waals surface area contributed by atoms with Gasteiger partial charge >= 0.3 is 28.1 Å². The van der Waals surface area contributed by atoms with Gasteiger partial charge < -0.3 is 18.6 Å². The van der Waals surface area contributed by atoms with E-state index in [0.717, 1.165) is 49.1 Å². The molecule has 0 bridgehead atoms. The van der Waals surface area contributed by atoms with Crippen molar-refractivity contribution >= 4 is 20.2 Å². The number of ether oxygens (including phenoxy) is 2. The summed E-state index contributed by atoms with van der Waals surface area (Å²) in [5.41, 5.74) is -9.12. The van der Waals surface area contributed by atoms with E-state index in [1.165, 1.54) is 25.7 Å². The Bertz CT molecular complexity index is 1330. The van der Waals surface area contributed by atoms with Crippen LogP contribution < -0.4 is 9.47 Å².